The van der Waals surface area contributed by atoms with Crippen LogP contribution < -0.4 is 4.90 Å². The summed E-state index contributed by atoms with van der Waals surface area (Å²) >= 11 is 0. The van der Waals surface area contributed by atoms with E-state index >= 15 is 0 Å². The number of hydrogen-bond acceptors (Lipinski definition) is 1. The molecule has 0 aromatic heterocycles. The lowest BCUT2D eigenvalue weighted by atomic mass is 9.93. The number of para-hydroxylation sites is 1. The first-order valence-electron chi connectivity index (χ1n) is 14.8. The van der Waals surface area contributed by atoms with E-state index in [1.54, 1.807) is 0 Å². The Morgan fingerprint density at radius 2 is 0.860 bits per heavy atom. The lowest BCUT2D eigenvalue weighted by molar-refractivity contribution is 1.28. The third kappa shape index (κ3) is 4.62. The quantitative estimate of drug-likeness (QED) is 0.194. The number of fused-ring (bicyclic) bond motifs is 4. The van der Waals surface area contributed by atoms with Gasteiger partial charge >= 0.3 is 0 Å². The van der Waals surface area contributed by atoms with E-state index in [4.69, 9.17) is 0 Å². The summed E-state index contributed by atoms with van der Waals surface area (Å²) in [6, 6.07) is 63.4. The second-order valence-electron chi connectivity index (χ2n) is 11.0. The van der Waals surface area contributed by atoms with E-state index in [0.717, 1.165) is 17.1 Å². The van der Waals surface area contributed by atoms with Crippen molar-refractivity contribution in [3.63, 3.8) is 0 Å². The third-order valence-electron chi connectivity index (χ3n) is 8.41. The van der Waals surface area contributed by atoms with Crippen molar-refractivity contribution in [2.45, 2.75) is 0 Å². The second-order valence-corrected chi connectivity index (χ2v) is 11.0. The Hall–Kier alpha value is -5.66. The zero-order valence-corrected chi connectivity index (χ0v) is 23.7. The van der Waals surface area contributed by atoms with E-state index in [2.05, 4.69) is 181 Å². The lowest BCUT2D eigenvalue weighted by Crippen LogP contribution is -2.09. The molecule has 8 aromatic rings. The molecule has 1 nitrogen and oxygen atoms in total. The van der Waals surface area contributed by atoms with E-state index in [1.807, 2.05) is 0 Å². The number of anilines is 3. The number of benzene rings is 8. The summed E-state index contributed by atoms with van der Waals surface area (Å²) in [5.74, 6) is 0. The van der Waals surface area contributed by atoms with Crippen molar-refractivity contribution in [1.29, 1.82) is 0 Å². The summed E-state index contributed by atoms with van der Waals surface area (Å²) < 4.78 is 0. The van der Waals surface area contributed by atoms with Gasteiger partial charge in [0.05, 0.1) is 0 Å². The molecule has 0 heterocycles. The Balaban J connectivity index is 1.23. The lowest BCUT2D eigenvalue weighted by Gasteiger charge is -2.26. The first-order valence-corrected chi connectivity index (χ1v) is 14.8. The average molecular weight is 548 g/mol. The van der Waals surface area contributed by atoms with Crippen LogP contribution in [0.5, 0.6) is 0 Å². The van der Waals surface area contributed by atoms with Crippen LogP contribution in [0.25, 0.3) is 54.6 Å². The summed E-state index contributed by atoms with van der Waals surface area (Å²) in [4.78, 5) is 2.34. The highest BCUT2D eigenvalue weighted by Gasteiger charge is 2.15. The van der Waals surface area contributed by atoms with E-state index in [1.165, 1.54) is 54.6 Å². The highest BCUT2D eigenvalue weighted by molar-refractivity contribution is 6.13. The minimum Gasteiger partial charge on any atom is -0.310 e. The summed E-state index contributed by atoms with van der Waals surface area (Å²) in [5.41, 5.74) is 8.25. The molecular weight excluding hydrogens is 518 g/mol. The SMILES string of the molecule is c1ccc(N(c2ccc(-c3cc4ccccc4c4ccccc34)cc2)c2cccc(-c3ccc4ccccc4c3)c2)cc1. The van der Waals surface area contributed by atoms with Crippen molar-refractivity contribution in [1.82, 2.24) is 0 Å². The summed E-state index contributed by atoms with van der Waals surface area (Å²) in [6.45, 7) is 0. The van der Waals surface area contributed by atoms with Crippen LogP contribution in [0.1, 0.15) is 0 Å². The van der Waals surface area contributed by atoms with Gasteiger partial charge in [-0.15, -0.1) is 0 Å². The van der Waals surface area contributed by atoms with Crippen LogP contribution in [-0.4, -0.2) is 0 Å². The third-order valence-corrected chi connectivity index (χ3v) is 8.41. The van der Waals surface area contributed by atoms with Gasteiger partial charge < -0.3 is 4.90 Å². The van der Waals surface area contributed by atoms with Crippen LogP contribution in [0.2, 0.25) is 0 Å². The maximum atomic E-state index is 2.34. The smallest absolute Gasteiger partial charge is 0.0467 e. The van der Waals surface area contributed by atoms with Crippen molar-refractivity contribution < 1.29 is 0 Å². The summed E-state index contributed by atoms with van der Waals surface area (Å²) in [5, 5.41) is 7.62. The molecule has 0 N–H and O–H groups in total. The van der Waals surface area contributed by atoms with E-state index in [9.17, 15) is 0 Å². The Labute approximate surface area is 251 Å². The Kier molecular flexibility index (Phi) is 6.20. The van der Waals surface area contributed by atoms with Crippen LogP contribution in [0.15, 0.2) is 176 Å². The molecule has 0 saturated carbocycles. The van der Waals surface area contributed by atoms with E-state index < -0.39 is 0 Å². The van der Waals surface area contributed by atoms with Gasteiger partial charge in [0, 0.05) is 17.1 Å². The summed E-state index contributed by atoms with van der Waals surface area (Å²) in [6.07, 6.45) is 0. The van der Waals surface area contributed by atoms with Gasteiger partial charge in [0.2, 0.25) is 0 Å². The van der Waals surface area contributed by atoms with Gasteiger partial charge in [-0.3, -0.25) is 0 Å². The molecule has 202 valence electrons. The van der Waals surface area contributed by atoms with Gasteiger partial charge in [-0.2, -0.15) is 0 Å². The van der Waals surface area contributed by atoms with Crippen LogP contribution >= 0.6 is 0 Å². The maximum absolute atomic E-state index is 2.34. The van der Waals surface area contributed by atoms with Crippen LogP contribution in [0.4, 0.5) is 17.1 Å². The zero-order chi connectivity index (χ0) is 28.6. The summed E-state index contributed by atoms with van der Waals surface area (Å²) in [7, 11) is 0. The molecule has 0 spiro atoms. The Morgan fingerprint density at radius 3 is 1.67 bits per heavy atom. The average Bonchev–Trinajstić information content (AvgIpc) is 3.09. The monoisotopic (exact) mass is 547 g/mol. The fourth-order valence-electron chi connectivity index (χ4n) is 6.30. The fraction of sp³-hybridized carbons (Fsp3) is 0. The first-order chi connectivity index (χ1) is 21.3. The topological polar surface area (TPSA) is 3.24 Å². The van der Waals surface area contributed by atoms with Gasteiger partial charge in [-0.25, -0.2) is 0 Å². The number of rotatable bonds is 5. The molecule has 0 unspecified atom stereocenters. The van der Waals surface area contributed by atoms with Gasteiger partial charge in [-0.1, -0.05) is 127 Å². The zero-order valence-electron chi connectivity index (χ0n) is 23.7. The van der Waals surface area contributed by atoms with Crippen molar-refractivity contribution in [3.05, 3.63) is 176 Å². The molecular formula is C42H29N. The second kappa shape index (κ2) is 10.6. The molecule has 0 aliphatic carbocycles. The number of nitrogens with zero attached hydrogens (tertiary/aromatic N) is 1. The standard InChI is InChI=1S/C42H29N/c1-2-15-36(16-3-1)43(38-17-10-14-33(28-38)34-22-21-30-11-4-5-12-32(30)27-34)37-25-23-31(24-26-37)42-29-35-13-6-7-18-39(35)40-19-8-9-20-41(40)42/h1-29H. The van der Waals surface area contributed by atoms with Crippen molar-refractivity contribution >= 4 is 49.4 Å². The van der Waals surface area contributed by atoms with Gasteiger partial charge in [-0.05, 0) is 103 Å². The van der Waals surface area contributed by atoms with E-state index in [0.29, 0.717) is 0 Å². The molecule has 0 aliphatic heterocycles. The Morgan fingerprint density at radius 1 is 0.279 bits per heavy atom. The molecule has 0 atom stereocenters. The number of hydrogen-bond donors (Lipinski definition) is 0. The highest BCUT2D eigenvalue weighted by Crippen LogP contribution is 2.39. The van der Waals surface area contributed by atoms with Crippen molar-refractivity contribution in [3.8, 4) is 22.3 Å². The maximum Gasteiger partial charge on any atom is 0.0467 e. The normalized spacial score (nSPS) is 11.3. The molecule has 0 saturated heterocycles. The molecule has 8 aromatic carbocycles. The molecule has 0 radical (unpaired) electrons. The Bertz CT molecular complexity index is 2230. The molecule has 0 fully saturated rings. The van der Waals surface area contributed by atoms with E-state index in [-0.39, 0.29) is 0 Å². The van der Waals surface area contributed by atoms with Gasteiger partial charge in [0.15, 0.2) is 0 Å². The van der Waals surface area contributed by atoms with Crippen molar-refractivity contribution in [2.24, 2.45) is 0 Å². The predicted molar refractivity (Wildman–Crippen MR) is 185 cm³/mol. The minimum atomic E-state index is 1.12. The van der Waals surface area contributed by atoms with Crippen LogP contribution in [-0.2, 0) is 0 Å². The fourth-order valence-corrected chi connectivity index (χ4v) is 6.30. The van der Waals surface area contributed by atoms with Gasteiger partial charge in [0.1, 0.15) is 0 Å². The molecule has 1 heteroatoms. The highest BCUT2D eigenvalue weighted by atomic mass is 15.1. The van der Waals surface area contributed by atoms with Crippen LogP contribution in [0.3, 0.4) is 0 Å². The molecule has 43 heavy (non-hydrogen) atoms. The molecule has 8 rings (SSSR count). The first kappa shape index (κ1) is 25.1. The molecule has 0 bridgehead atoms. The van der Waals surface area contributed by atoms with Crippen LogP contribution in [0, 0.1) is 0 Å². The molecule has 0 aliphatic rings. The van der Waals surface area contributed by atoms with Gasteiger partial charge in [0.25, 0.3) is 0 Å². The minimum absolute atomic E-state index is 1.12. The van der Waals surface area contributed by atoms with Crippen molar-refractivity contribution in [2.75, 3.05) is 4.90 Å². The largest absolute Gasteiger partial charge is 0.310 e. The predicted octanol–water partition coefficient (Wildman–Crippen LogP) is 11.9. The molecule has 0 amide bonds.